The molecule has 4 nitrogen and oxygen atoms in total. The van der Waals surface area contributed by atoms with Crippen molar-refractivity contribution in [2.45, 2.75) is 66.5 Å². The Labute approximate surface area is 374 Å². The smallest absolute Gasteiger partial charge is 0.359 e. The number of alkyl halides is 6. The van der Waals surface area contributed by atoms with Crippen molar-refractivity contribution in [2.24, 2.45) is 0 Å². The summed E-state index contributed by atoms with van der Waals surface area (Å²) in [5.41, 5.74) is 7.73. The van der Waals surface area contributed by atoms with Gasteiger partial charge in [0.15, 0.2) is 0 Å². The molecule has 6 aromatic rings. The number of benzene rings is 6. The van der Waals surface area contributed by atoms with Crippen LogP contribution < -0.4 is 37.1 Å². The summed E-state index contributed by atoms with van der Waals surface area (Å²) in [6, 6.07) is 54.8. The summed E-state index contributed by atoms with van der Waals surface area (Å²) in [6.45, 7) is 13.3. The average Bonchev–Trinajstić information content (AvgIpc) is 3.15. The van der Waals surface area contributed by atoms with Gasteiger partial charge in [0.05, 0.1) is 0 Å². The summed E-state index contributed by atoms with van der Waals surface area (Å²) in [5, 5.41) is 25.7. The second-order valence-corrected chi connectivity index (χ2v) is 20.0. The molecule has 2 unspecified atom stereocenters. The molecule has 0 spiro atoms. The Kier molecular flexibility index (Phi) is 18.6. The average molecular weight is 1040 g/mol. The molecular formula is C46H45F6O4P2Rh2+. The van der Waals surface area contributed by atoms with Crippen molar-refractivity contribution in [1.29, 1.82) is 0 Å². The van der Waals surface area contributed by atoms with E-state index < -0.39 is 40.1 Å². The van der Waals surface area contributed by atoms with Crippen LogP contribution in [0.25, 0.3) is 0 Å². The van der Waals surface area contributed by atoms with Crippen molar-refractivity contribution in [3.05, 3.63) is 173 Å². The fourth-order valence-corrected chi connectivity index (χ4v) is 15.0. The first kappa shape index (κ1) is 51.2. The molecule has 2 N–H and O–H groups in total. The zero-order chi connectivity index (χ0) is 42.4. The third-order valence-corrected chi connectivity index (χ3v) is 16.4. The van der Waals surface area contributed by atoms with E-state index in [0.717, 1.165) is 0 Å². The summed E-state index contributed by atoms with van der Waals surface area (Å²) < 4.78 is 68.3. The minimum atomic E-state index is -5.30. The summed E-state index contributed by atoms with van der Waals surface area (Å²) in [7, 11) is -3.79. The zero-order valence-corrected chi connectivity index (χ0v) is 38.6. The number of aliphatic hydroxyl groups is 2. The number of halogens is 6. The maximum Gasteiger partial charge on any atom is 0.442 e. The van der Waals surface area contributed by atoms with Gasteiger partial charge in [-0.15, -0.1) is 12.1 Å². The van der Waals surface area contributed by atoms with Crippen LogP contribution in [0.3, 0.4) is 0 Å². The summed E-state index contributed by atoms with van der Waals surface area (Å²) in [6.07, 6.45) is -17.7. The first-order valence-corrected chi connectivity index (χ1v) is 21.6. The van der Waals surface area contributed by atoms with Crippen molar-refractivity contribution in [3.8, 4) is 0 Å². The normalized spacial score (nSPS) is 12.7. The van der Waals surface area contributed by atoms with E-state index in [0.29, 0.717) is 0 Å². The molecule has 0 amide bonds. The molecule has 14 heteroatoms. The molecule has 322 valence electrons. The van der Waals surface area contributed by atoms with E-state index in [-0.39, 0.29) is 39.0 Å². The largest absolute Gasteiger partial charge is 0.442 e. The molecule has 0 saturated heterocycles. The Morgan fingerprint density at radius 1 is 0.517 bits per heavy atom. The van der Waals surface area contributed by atoms with Crippen LogP contribution in [0, 0.1) is 47.6 Å². The van der Waals surface area contributed by atoms with E-state index in [1.54, 1.807) is 0 Å². The minimum absolute atomic E-state index is 0. The molecule has 6 rings (SSSR count). The standard InChI is InChI=1S/C42H40P2.C4H4F6O4.2Rh/c1-30-12-7-17-36(24-30)43(37-18-8-13-31(2)25-37)41-29-35(6)22-23-42(41)44(38-19-9-14-32(3)26-38,39-20-10-15-33(4)27-39)40-21-11-16-34(5)28-40;5-3(6,7)1(11)13-14-2(12)4(8,9)10;;/h7-20,22-29H,1-6H3;1-2,11-12H;;/p+1. The number of aliphatic hydroxyl groups excluding tert-OH is 2. The molecule has 2 atom stereocenters. The predicted octanol–water partition coefficient (Wildman–Crippen LogP) is 8.14. The van der Waals surface area contributed by atoms with Gasteiger partial charge >= 0.3 is 12.4 Å². The van der Waals surface area contributed by atoms with Crippen molar-refractivity contribution in [2.75, 3.05) is 0 Å². The third kappa shape index (κ3) is 12.5. The molecular weight excluding hydrogens is 998 g/mol. The Morgan fingerprint density at radius 2 is 0.917 bits per heavy atom. The Hall–Kier alpha value is -3.15. The van der Waals surface area contributed by atoms with E-state index in [9.17, 15) is 26.3 Å². The van der Waals surface area contributed by atoms with Crippen LogP contribution >= 0.6 is 15.2 Å². The van der Waals surface area contributed by atoms with Crippen LogP contribution in [-0.4, -0.2) is 35.1 Å². The number of rotatable bonds is 10. The third-order valence-electron chi connectivity index (χ3n) is 9.28. The van der Waals surface area contributed by atoms with E-state index in [4.69, 9.17) is 10.2 Å². The Morgan fingerprint density at radius 3 is 1.32 bits per heavy atom. The van der Waals surface area contributed by atoms with Gasteiger partial charge in [0, 0.05) is 44.3 Å². The zero-order valence-electron chi connectivity index (χ0n) is 33.4. The first-order chi connectivity index (χ1) is 27.3. The van der Waals surface area contributed by atoms with Crippen LogP contribution in [-0.2, 0) is 48.7 Å². The topological polar surface area (TPSA) is 58.9 Å². The quantitative estimate of drug-likeness (QED) is 0.0277. The summed E-state index contributed by atoms with van der Waals surface area (Å²) >= 11 is 0. The van der Waals surface area contributed by atoms with Crippen LogP contribution in [0.1, 0.15) is 33.4 Å². The van der Waals surface area contributed by atoms with Gasteiger partial charge in [-0.3, -0.25) is 0 Å². The van der Waals surface area contributed by atoms with Gasteiger partial charge < -0.3 is 10.2 Å². The fraction of sp³-hybridized carbons (Fsp3) is 0.217. The van der Waals surface area contributed by atoms with Crippen LogP contribution in [0.15, 0.2) is 133 Å². The molecule has 0 bridgehead atoms. The SMILES string of the molecule is Cc1cc[c-]c([P+](c2cccc(C)c2)(c2cccc(C)c2)c2ccc(C)cc2[PH+](c2cccc(C)c2)c2cccc(C)c2)c1.OC(OOC(O)C(F)(F)F)C(F)(F)F.[Rh].[Rh]. The summed E-state index contributed by atoms with van der Waals surface area (Å²) in [5.74, 6) is 0. The number of hydrogen-bond acceptors (Lipinski definition) is 4. The Balaban J connectivity index is 0.000000518. The van der Waals surface area contributed by atoms with E-state index in [1.165, 1.54) is 70.5 Å². The van der Waals surface area contributed by atoms with Gasteiger partial charge in [0.25, 0.3) is 12.6 Å². The van der Waals surface area contributed by atoms with Gasteiger partial charge in [-0.2, -0.15) is 53.8 Å². The molecule has 0 saturated carbocycles. The molecule has 0 aliphatic rings. The predicted molar refractivity (Wildman–Crippen MR) is 225 cm³/mol. The minimum Gasteiger partial charge on any atom is -0.359 e. The molecule has 6 aromatic carbocycles. The second-order valence-electron chi connectivity index (χ2n) is 14.2. The van der Waals surface area contributed by atoms with Gasteiger partial charge in [-0.05, 0) is 123 Å². The first-order valence-electron chi connectivity index (χ1n) is 18.3. The monoisotopic (exact) mass is 1040 g/mol. The number of aryl methyl sites for hydroxylation is 6. The van der Waals surface area contributed by atoms with Crippen LogP contribution in [0.4, 0.5) is 26.3 Å². The van der Waals surface area contributed by atoms with Gasteiger partial charge in [0.1, 0.15) is 47.0 Å². The molecule has 0 aliphatic carbocycles. The van der Waals surface area contributed by atoms with Gasteiger partial charge in [-0.1, -0.05) is 61.5 Å². The fourth-order valence-electron chi connectivity index (χ4n) is 6.70. The van der Waals surface area contributed by atoms with E-state index in [2.05, 4.69) is 191 Å². The summed E-state index contributed by atoms with van der Waals surface area (Å²) in [4.78, 5) is 5.71. The molecule has 0 aromatic heterocycles. The Bertz CT molecular complexity index is 2160. The van der Waals surface area contributed by atoms with Crippen molar-refractivity contribution in [1.82, 2.24) is 0 Å². The van der Waals surface area contributed by atoms with Crippen LogP contribution in [0.2, 0.25) is 0 Å². The maximum atomic E-state index is 11.4. The van der Waals surface area contributed by atoms with Crippen molar-refractivity contribution >= 4 is 52.3 Å². The van der Waals surface area contributed by atoms with Gasteiger partial charge in [-0.25, -0.2) is 0 Å². The molecule has 2 radical (unpaired) electrons. The second kappa shape index (κ2) is 21.8. The molecule has 0 heterocycles. The molecule has 60 heavy (non-hydrogen) atoms. The maximum absolute atomic E-state index is 11.4. The number of hydrogen-bond donors (Lipinski definition) is 2. The van der Waals surface area contributed by atoms with Gasteiger partial charge in [0.2, 0.25) is 0 Å². The van der Waals surface area contributed by atoms with Crippen molar-refractivity contribution < 1.29 is 85.3 Å². The van der Waals surface area contributed by atoms with E-state index >= 15 is 0 Å². The van der Waals surface area contributed by atoms with E-state index in [1.807, 2.05) is 0 Å². The molecule has 0 fully saturated rings. The van der Waals surface area contributed by atoms with Crippen LogP contribution in [0.5, 0.6) is 0 Å². The molecule has 0 aliphatic heterocycles. The van der Waals surface area contributed by atoms with Crippen molar-refractivity contribution in [3.63, 3.8) is 0 Å².